The molecular weight excluding hydrogens is 426 g/mol. The van der Waals surface area contributed by atoms with Crippen LogP contribution in [0.1, 0.15) is 117 Å². The third-order valence-electron chi connectivity index (χ3n) is 4.99. The molecule has 176 valence electrons. The fourth-order valence-electron chi connectivity index (χ4n) is 3.15. The third kappa shape index (κ3) is 32.5. The van der Waals surface area contributed by atoms with Crippen LogP contribution in [0.3, 0.4) is 0 Å². The minimum absolute atomic E-state index is 0. The number of unbranched alkanes of at least 4 members (excludes halogenated alkanes) is 15. The molecule has 0 unspecified atom stereocenters. The Morgan fingerprint density at radius 2 is 1.03 bits per heavy atom. The fraction of sp³-hybridized carbons (Fsp3) is 0.880. The Morgan fingerprint density at radius 3 is 1.24 bits per heavy atom. The number of esters is 1. The van der Waals surface area contributed by atoms with Crippen molar-refractivity contribution in [2.45, 2.75) is 117 Å². The molecular formula is C25H52BrNO2. The van der Waals surface area contributed by atoms with Crippen LogP contribution in [0.2, 0.25) is 0 Å². The van der Waals surface area contributed by atoms with E-state index in [1.807, 2.05) is 0 Å². The lowest BCUT2D eigenvalue weighted by molar-refractivity contribution is -0.136. The molecule has 0 radical (unpaired) electrons. The Hall–Kier alpha value is -0.350. The number of halogens is 1. The molecule has 0 rings (SSSR count). The average molecular weight is 479 g/mol. The molecule has 4 heteroatoms. The lowest BCUT2D eigenvalue weighted by Gasteiger charge is -2.08. The minimum Gasteiger partial charge on any atom is -0.466 e. The summed E-state index contributed by atoms with van der Waals surface area (Å²) in [4.78, 5) is 12.5. The molecule has 0 aromatic carbocycles. The van der Waals surface area contributed by atoms with Crippen molar-refractivity contribution in [3.8, 4) is 0 Å². The predicted molar refractivity (Wildman–Crippen MR) is 135 cm³/mol. The molecule has 0 aliphatic carbocycles. The van der Waals surface area contributed by atoms with Crippen molar-refractivity contribution in [2.24, 2.45) is 0 Å². The van der Waals surface area contributed by atoms with Crippen molar-refractivity contribution in [2.75, 3.05) is 27.7 Å². The maximum Gasteiger partial charge on any atom is 0.332 e. The maximum atomic E-state index is 10.2. The van der Waals surface area contributed by atoms with Crippen LogP contribution in [0.25, 0.3) is 0 Å². The van der Waals surface area contributed by atoms with E-state index in [-0.39, 0.29) is 23.0 Å². The summed E-state index contributed by atoms with van der Waals surface area (Å²) in [6.07, 6.45) is 23.3. The highest BCUT2D eigenvalue weighted by Gasteiger charge is 1.96. The lowest BCUT2D eigenvalue weighted by atomic mass is 10.0. The fourth-order valence-corrected chi connectivity index (χ4v) is 3.15. The minimum atomic E-state index is -0.347. The van der Waals surface area contributed by atoms with Crippen LogP contribution in [0.4, 0.5) is 0 Å². The molecule has 0 spiro atoms. The number of hydrogen-bond acceptors (Lipinski definition) is 3. The highest BCUT2D eigenvalue weighted by Crippen LogP contribution is 2.13. The summed E-state index contributed by atoms with van der Waals surface area (Å²) in [5.74, 6) is -0.347. The van der Waals surface area contributed by atoms with E-state index in [9.17, 15) is 4.79 Å². The summed E-state index contributed by atoms with van der Waals surface area (Å²) < 4.78 is 4.27. The Balaban J connectivity index is -0.000000721. The van der Waals surface area contributed by atoms with Gasteiger partial charge in [-0.25, -0.2) is 4.79 Å². The van der Waals surface area contributed by atoms with E-state index in [1.165, 1.54) is 116 Å². The summed E-state index contributed by atoms with van der Waals surface area (Å²) in [7, 11) is 5.67. The van der Waals surface area contributed by atoms with Crippen LogP contribution >= 0.6 is 17.0 Å². The SMILES string of the molecule is Br.C=C(C)C(=O)OC.CCCCCCCCCCCCCCCCCCN(C)C. The Bertz CT molecular complexity index is 346. The number of carbonyl (C=O) groups is 1. The van der Waals surface area contributed by atoms with Crippen molar-refractivity contribution in [1.29, 1.82) is 0 Å². The van der Waals surface area contributed by atoms with Crippen LogP contribution in [-0.2, 0) is 9.53 Å². The van der Waals surface area contributed by atoms with Gasteiger partial charge in [-0.05, 0) is 34.0 Å². The molecule has 0 saturated carbocycles. The van der Waals surface area contributed by atoms with Crippen molar-refractivity contribution in [3.63, 3.8) is 0 Å². The molecule has 3 nitrogen and oxygen atoms in total. The van der Waals surface area contributed by atoms with Gasteiger partial charge in [-0.15, -0.1) is 17.0 Å². The zero-order valence-electron chi connectivity index (χ0n) is 20.4. The standard InChI is InChI=1S/C20H43N.C5H8O2.BrH/c1-4-5-6-7-8-9-10-11-12-13-14-15-16-17-18-19-20-21(2)3;1-4(2)5(6)7-3;/h4-20H2,1-3H3;1H2,2-3H3;1H. The molecule has 29 heavy (non-hydrogen) atoms. The Kier molecular flexibility index (Phi) is 31.7. The van der Waals surface area contributed by atoms with Gasteiger partial charge < -0.3 is 9.64 Å². The molecule has 0 aliphatic heterocycles. The number of nitrogens with zero attached hydrogens (tertiary/aromatic N) is 1. The first-order chi connectivity index (χ1) is 13.5. The highest BCUT2D eigenvalue weighted by molar-refractivity contribution is 8.93. The van der Waals surface area contributed by atoms with E-state index >= 15 is 0 Å². The van der Waals surface area contributed by atoms with E-state index in [1.54, 1.807) is 6.92 Å². The Morgan fingerprint density at radius 1 is 0.724 bits per heavy atom. The average Bonchev–Trinajstić information content (AvgIpc) is 2.67. The molecule has 0 heterocycles. The first-order valence-electron chi connectivity index (χ1n) is 11.8. The number of rotatable bonds is 18. The molecule has 0 saturated heterocycles. The number of hydrogen-bond donors (Lipinski definition) is 0. The van der Waals surface area contributed by atoms with E-state index < -0.39 is 0 Å². The van der Waals surface area contributed by atoms with Gasteiger partial charge in [0.2, 0.25) is 0 Å². The van der Waals surface area contributed by atoms with E-state index in [0.717, 1.165) is 0 Å². The van der Waals surface area contributed by atoms with Crippen molar-refractivity contribution >= 4 is 23.0 Å². The molecule has 0 aromatic heterocycles. The van der Waals surface area contributed by atoms with E-state index in [4.69, 9.17) is 0 Å². The quantitative estimate of drug-likeness (QED) is 0.113. The number of carbonyl (C=O) groups excluding carboxylic acids is 1. The second kappa shape index (κ2) is 27.6. The molecule has 0 bridgehead atoms. The molecule has 0 aliphatic rings. The van der Waals surface area contributed by atoms with Gasteiger partial charge in [-0.3, -0.25) is 0 Å². The third-order valence-corrected chi connectivity index (χ3v) is 4.99. The van der Waals surface area contributed by atoms with Crippen LogP contribution < -0.4 is 0 Å². The number of methoxy groups -OCH3 is 1. The van der Waals surface area contributed by atoms with Crippen molar-refractivity contribution < 1.29 is 9.53 Å². The van der Waals surface area contributed by atoms with Crippen molar-refractivity contribution in [3.05, 3.63) is 12.2 Å². The zero-order chi connectivity index (χ0) is 21.5. The van der Waals surface area contributed by atoms with Crippen LogP contribution in [0.15, 0.2) is 12.2 Å². The summed E-state index contributed by atoms with van der Waals surface area (Å²) in [5.41, 5.74) is 0.433. The molecule has 0 atom stereocenters. The maximum absolute atomic E-state index is 10.2. The first kappa shape index (κ1) is 33.3. The normalized spacial score (nSPS) is 10.1. The van der Waals surface area contributed by atoms with Gasteiger partial charge in [0.1, 0.15) is 0 Å². The van der Waals surface area contributed by atoms with Crippen molar-refractivity contribution in [1.82, 2.24) is 4.90 Å². The molecule has 0 fully saturated rings. The van der Waals surface area contributed by atoms with Gasteiger partial charge in [-0.1, -0.05) is 110 Å². The van der Waals surface area contributed by atoms with Gasteiger partial charge in [0.05, 0.1) is 7.11 Å². The van der Waals surface area contributed by atoms with Crippen LogP contribution in [0, 0.1) is 0 Å². The smallest absolute Gasteiger partial charge is 0.332 e. The van der Waals surface area contributed by atoms with E-state index in [0.29, 0.717) is 5.57 Å². The predicted octanol–water partition coefficient (Wildman–Crippen LogP) is 8.12. The summed E-state index contributed by atoms with van der Waals surface area (Å²) in [6.45, 7) is 8.51. The topological polar surface area (TPSA) is 29.5 Å². The first-order valence-corrected chi connectivity index (χ1v) is 11.8. The molecule has 0 N–H and O–H groups in total. The summed E-state index contributed by atoms with van der Waals surface area (Å²) in [5, 5.41) is 0. The monoisotopic (exact) mass is 477 g/mol. The second-order valence-electron chi connectivity index (χ2n) is 8.38. The highest BCUT2D eigenvalue weighted by atomic mass is 79.9. The molecule has 0 aromatic rings. The van der Waals surface area contributed by atoms with Gasteiger partial charge in [0.15, 0.2) is 0 Å². The van der Waals surface area contributed by atoms with E-state index in [2.05, 4.69) is 37.2 Å². The molecule has 0 amide bonds. The van der Waals surface area contributed by atoms with Gasteiger partial charge in [0, 0.05) is 5.57 Å². The number of ether oxygens (including phenoxy) is 1. The Labute approximate surface area is 193 Å². The summed E-state index contributed by atoms with van der Waals surface area (Å²) in [6, 6.07) is 0. The van der Waals surface area contributed by atoms with Gasteiger partial charge >= 0.3 is 5.97 Å². The van der Waals surface area contributed by atoms with Gasteiger partial charge in [-0.2, -0.15) is 0 Å². The largest absolute Gasteiger partial charge is 0.466 e. The van der Waals surface area contributed by atoms with Crippen LogP contribution in [-0.4, -0.2) is 38.6 Å². The van der Waals surface area contributed by atoms with Crippen LogP contribution in [0.5, 0.6) is 0 Å². The van der Waals surface area contributed by atoms with Gasteiger partial charge in [0.25, 0.3) is 0 Å². The summed E-state index contributed by atoms with van der Waals surface area (Å²) >= 11 is 0. The second-order valence-corrected chi connectivity index (χ2v) is 8.38. The zero-order valence-corrected chi connectivity index (χ0v) is 22.1. The lowest BCUT2D eigenvalue weighted by Crippen LogP contribution is -2.12.